The summed E-state index contributed by atoms with van der Waals surface area (Å²) in [6, 6.07) is 0.592. The van der Waals surface area contributed by atoms with Crippen molar-refractivity contribution in [3.8, 4) is 0 Å². The average Bonchev–Trinajstić information content (AvgIpc) is 3.05. The monoisotopic (exact) mass is 274 g/mol. The predicted molar refractivity (Wildman–Crippen MR) is 81.3 cm³/mol. The molecule has 0 spiro atoms. The Bertz CT molecular complexity index is 578. The number of nitrogens with zero attached hydrogens (tertiary/aromatic N) is 4. The van der Waals surface area contributed by atoms with Crippen molar-refractivity contribution < 1.29 is 0 Å². The molecular weight excluding hydrogens is 252 g/mol. The lowest BCUT2D eigenvalue weighted by atomic mass is 10.2. The first kappa shape index (κ1) is 13.2. The van der Waals surface area contributed by atoms with Gasteiger partial charge in [-0.3, -0.25) is 0 Å². The fraction of sp³-hybridized carbons (Fsp3) is 0.571. The van der Waals surface area contributed by atoms with Crippen LogP contribution in [0.2, 0.25) is 0 Å². The molecule has 20 heavy (non-hydrogen) atoms. The second-order valence-electron chi connectivity index (χ2n) is 5.32. The molecule has 2 aromatic rings. The van der Waals surface area contributed by atoms with Crippen molar-refractivity contribution in [2.24, 2.45) is 0 Å². The number of hydrogen-bond donors (Lipinski definition) is 2. The molecular formula is C14H22N6. The summed E-state index contributed by atoms with van der Waals surface area (Å²) in [5.74, 6) is 1.73. The molecule has 3 rings (SSSR count). The second-order valence-corrected chi connectivity index (χ2v) is 5.32. The summed E-state index contributed by atoms with van der Waals surface area (Å²) in [5, 5.41) is 6.73. The van der Waals surface area contributed by atoms with Crippen LogP contribution in [0.1, 0.15) is 19.8 Å². The Morgan fingerprint density at radius 3 is 3.05 bits per heavy atom. The molecule has 2 aromatic heterocycles. The van der Waals surface area contributed by atoms with Crippen LogP contribution >= 0.6 is 0 Å². The van der Waals surface area contributed by atoms with Gasteiger partial charge in [0.25, 0.3) is 0 Å². The van der Waals surface area contributed by atoms with Gasteiger partial charge in [-0.15, -0.1) is 0 Å². The van der Waals surface area contributed by atoms with Crippen molar-refractivity contribution in [2.45, 2.75) is 25.8 Å². The van der Waals surface area contributed by atoms with Crippen LogP contribution in [0.15, 0.2) is 18.6 Å². The summed E-state index contributed by atoms with van der Waals surface area (Å²) in [4.78, 5) is 11.4. The molecule has 108 valence electrons. The van der Waals surface area contributed by atoms with E-state index in [4.69, 9.17) is 0 Å². The topological polar surface area (TPSA) is 57.5 Å². The summed E-state index contributed by atoms with van der Waals surface area (Å²) in [7, 11) is 2.19. The maximum atomic E-state index is 4.62. The van der Waals surface area contributed by atoms with Crippen LogP contribution in [0.4, 0.5) is 11.6 Å². The maximum Gasteiger partial charge on any atom is 0.180 e. The van der Waals surface area contributed by atoms with Gasteiger partial charge in [-0.1, -0.05) is 0 Å². The summed E-state index contributed by atoms with van der Waals surface area (Å²) in [5.41, 5.74) is 0.882. The fourth-order valence-corrected chi connectivity index (χ4v) is 2.77. The standard InChI is InChI=1S/C14H22N6/c1-3-15-12-10-20-8-6-16-14(20)13(18-12)17-9-11-5-4-7-19(11)2/h6,8,10-11,15H,3-5,7,9H2,1-2H3,(H,17,18). The summed E-state index contributed by atoms with van der Waals surface area (Å²) in [6.45, 7) is 5.04. The number of anilines is 2. The van der Waals surface area contributed by atoms with E-state index < -0.39 is 0 Å². The van der Waals surface area contributed by atoms with Crippen LogP contribution < -0.4 is 10.6 Å². The molecule has 3 heterocycles. The Hall–Kier alpha value is -1.82. The fourth-order valence-electron chi connectivity index (χ4n) is 2.77. The zero-order valence-electron chi connectivity index (χ0n) is 12.1. The molecule has 0 radical (unpaired) electrons. The number of nitrogens with one attached hydrogen (secondary N) is 2. The van der Waals surface area contributed by atoms with Crippen molar-refractivity contribution in [1.29, 1.82) is 0 Å². The van der Waals surface area contributed by atoms with E-state index in [1.54, 1.807) is 6.20 Å². The van der Waals surface area contributed by atoms with Crippen LogP contribution in [0, 0.1) is 0 Å². The van der Waals surface area contributed by atoms with E-state index in [1.165, 1.54) is 19.4 Å². The first-order chi connectivity index (χ1) is 9.78. The van der Waals surface area contributed by atoms with Crippen molar-refractivity contribution in [3.05, 3.63) is 18.6 Å². The Kier molecular flexibility index (Phi) is 3.73. The van der Waals surface area contributed by atoms with Crippen LogP contribution in [0.3, 0.4) is 0 Å². The van der Waals surface area contributed by atoms with E-state index in [1.807, 2.05) is 16.8 Å². The first-order valence-electron chi connectivity index (χ1n) is 7.29. The highest BCUT2D eigenvalue weighted by Crippen LogP contribution is 2.19. The SMILES string of the molecule is CCNc1cn2ccnc2c(NCC2CCCN2C)n1. The average molecular weight is 274 g/mol. The van der Waals surface area contributed by atoms with Gasteiger partial charge in [0.05, 0.1) is 6.20 Å². The zero-order valence-corrected chi connectivity index (χ0v) is 12.1. The van der Waals surface area contributed by atoms with E-state index in [2.05, 4.69) is 39.5 Å². The Balaban J connectivity index is 1.80. The second kappa shape index (κ2) is 5.66. The summed E-state index contributed by atoms with van der Waals surface area (Å²) in [6.07, 6.45) is 8.26. The van der Waals surface area contributed by atoms with Gasteiger partial charge in [-0.25, -0.2) is 9.97 Å². The number of aromatic nitrogens is 3. The normalized spacial score (nSPS) is 19.6. The lowest BCUT2D eigenvalue weighted by molar-refractivity contribution is 0.322. The maximum absolute atomic E-state index is 4.62. The lowest BCUT2D eigenvalue weighted by Crippen LogP contribution is -2.31. The first-order valence-corrected chi connectivity index (χ1v) is 7.29. The summed E-state index contributed by atoms with van der Waals surface area (Å²) < 4.78 is 2.01. The Morgan fingerprint density at radius 1 is 1.40 bits per heavy atom. The molecule has 0 aliphatic carbocycles. The molecule has 0 amide bonds. The number of hydrogen-bond acceptors (Lipinski definition) is 5. The number of imidazole rings is 1. The summed E-state index contributed by atoms with van der Waals surface area (Å²) >= 11 is 0. The van der Waals surface area contributed by atoms with E-state index >= 15 is 0 Å². The van der Waals surface area contributed by atoms with Crippen LogP contribution in [-0.2, 0) is 0 Å². The largest absolute Gasteiger partial charge is 0.369 e. The molecule has 1 unspecified atom stereocenters. The molecule has 1 saturated heterocycles. The third-order valence-electron chi connectivity index (χ3n) is 3.91. The smallest absolute Gasteiger partial charge is 0.180 e. The van der Waals surface area contributed by atoms with Crippen molar-refractivity contribution in [1.82, 2.24) is 19.3 Å². The molecule has 6 nitrogen and oxygen atoms in total. The van der Waals surface area contributed by atoms with Crippen LogP contribution in [0.5, 0.6) is 0 Å². The quantitative estimate of drug-likeness (QED) is 0.868. The van der Waals surface area contributed by atoms with E-state index in [0.717, 1.165) is 30.4 Å². The third-order valence-corrected chi connectivity index (χ3v) is 3.91. The number of likely N-dealkylation sites (tertiary alicyclic amines) is 1. The number of fused-ring (bicyclic) bond motifs is 1. The third kappa shape index (κ3) is 2.56. The van der Waals surface area contributed by atoms with Gasteiger partial charge < -0.3 is 19.9 Å². The molecule has 1 aliphatic rings. The van der Waals surface area contributed by atoms with Gasteiger partial charge in [-0.05, 0) is 33.4 Å². The van der Waals surface area contributed by atoms with Gasteiger partial charge >= 0.3 is 0 Å². The Morgan fingerprint density at radius 2 is 2.30 bits per heavy atom. The van der Waals surface area contributed by atoms with E-state index in [-0.39, 0.29) is 0 Å². The minimum Gasteiger partial charge on any atom is -0.369 e. The van der Waals surface area contributed by atoms with E-state index in [0.29, 0.717) is 6.04 Å². The van der Waals surface area contributed by atoms with Crippen LogP contribution in [0.25, 0.3) is 5.65 Å². The molecule has 6 heteroatoms. The Labute approximate surface area is 119 Å². The minimum absolute atomic E-state index is 0.592. The van der Waals surface area contributed by atoms with Gasteiger partial charge in [0.15, 0.2) is 11.5 Å². The number of rotatable bonds is 5. The van der Waals surface area contributed by atoms with Gasteiger partial charge in [-0.2, -0.15) is 0 Å². The zero-order chi connectivity index (χ0) is 13.9. The highest BCUT2D eigenvalue weighted by atomic mass is 15.2. The van der Waals surface area contributed by atoms with E-state index in [9.17, 15) is 0 Å². The molecule has 1 atom stereocenters. The molecule has 0 saturated carbocycles. The van der Waals surface area contributed by atoms with Crippen molar-refractivity contribution in [3.63, 3.8) is 0 Å². The van der Waals surface area contributed by atoms with Crippen LogP contribution in [-0.4, -0.2) is 52.0 Å². The minimum atomic E-state index is 0.592. The van der Waals surface area contributed by atoms with Crippen molar-refractivity contribution in [2.75, 3.05) is 37.3 Å². The highest BCUT2D eigenvalue weighted by molar-refractivity contribution is 5.65. The molecule has 1 aliphatic heterocycles. The lowest BCUT2D eigenvalue weighted by Gasteiger charge is -2.20. The predicted octanol–water partition coefficient (Wildman–Crippen LogP) is 1.67. The molecule has 0 aromatic carbocycles. The number of likely N-dealkylation sites (N-methyl/N-ethyl adjacent to an activating group) is 1. The van der Waals surface area contributed by atoms with Gasteiger partial charge in [0.1, 0.15) is 5.82 Å². The van der Waals surface area contributed by atoms with Gasteiger partial charge in [0.2, 0.25) is 0 Å². The molecule has 1 fully saturated rings. The van der Waals surface area contributed by atoms with Gasteiger partial charge in [0, 0.05) is 31.5 Å². The highest BCUT2D eigenvalue weighted by Gasteiger charge is 2.21. The van der Waals surface area contributed by atoms with Crippen molar-refractivity contribution >= 4 is 17.3 Å². The molecule has 0 bridgehead atoms. The molecule has 2 N–H and O–H groups in total.